The van der Waals surface area contributed by atoms with Gasteiger partial charge in [-0.25, -0.2) is 8.42 Å². The van der Waals surface area contributed by atoms with Gasteiger partial charge in [-0.05, 0) is 47.6 Å². The van der Waals surface area contributed by atoms with Gasteiger partial charge in [0, 0.05) is 6.54 Å². The monoisotopic (exact) mass is 486 g/mol. The van der Waals surface area contributed by atoms with Crippen LogP contribution in [-0.4, -0.2) is 33.5 Å². The lowest BCUT2D eigenvalue weighted by molar-refractivity contribution is -0.127. The number of hydrogen-bond donors (Lipinski definition) is 1. The Bertz CT molecular complexity index is 1080. The zero-order valence-electron chi connectivity index (χ0n) is 21.0. The number of carbonyl (C=O) groups excluding carboxylic acids is 1. The lowest BCUT2D eigenvalue weighted by Gasteiger charge is -2.36. The number of rotatable bonds is 9. The SMILES string of the molecule is CCCC[C@@H](CC)CNC(=O)[C@H]1CN(S(=O)(=O)c2ccccc2)c2cc(C(C)(C)C)ccc2O1. The molecule has 0 aromatic heterocycles. The van der Waals surface area contributed by atoms with Crippen LogP contribution < -0.4 is 14.4 Å². The number of sulfonamides is 1. The molecule has 0 saturated carbocycles. The molecule has 1 aliphatic heterocycles. The Morgan fingerprint density at radius 3 is 2.47 bits per heavy atom. The molecule has 0 unspecified atom stereocenters. The summed E-state index contributed by atoms with van der Waals surface area (Å²) in [4.78, 5) is 13.3. The molecule has 0 spiro atoms. The van der Waals surface area contributed by atoms with Crippen LogP contribution in [0.25, 0.3) is 0 Å². The molecule has 1 N–H and O–H groups in total. The van der Waals surface area contributed by atoms with Crippen molar-refractivity contribution in [2.45, 2.75) is 76.7 Å². The zero-order chi connectivity index (χ0) is 24.9. The number of unbranched alkanes of at least 4 members (excludes halogenated alkanes) is 1. The average Bonchev–Trinajstić information content (AvgIpc) is 2.82. The largest absolute Gasteiger partial charge is 0.476 e. The van der Waals surface area contributed by atoms with Crippen molar-refractivity contribution in [3.63, 3.8) is 0 Å². The van der Waals surface area contributed by atoms with Crippen LogP contribution in [-0.2, 0) is 20.2 Å². The molecule has 6 nitrogen and oxygen atoms in total. The maximum Gasteiger partial charge on any atom is 0.264 e. The molecule has 2 aromatic rings. The molecule has 0 aliphatic carbocycles. The van der Waals surface area contributed by atoms with E-state index in [1.54, 1.807) is 36.4 Å². The summed E-state index contributed by atoms with van der Waals surface area (Å²) in [5.41, 5.74) is 1.29. The molecule has 0 saturated heterocycles. The third-order valence-corrected chi connectivity index (χ3v) is 8.22. The van der Waals surface area contributed by atoms with E-state index in [0.29, 0.717) is 23.9 Å². The number of amides is 1. The number of hydrogen-bond acceptors (Lipinski definition) is 4. The summed E-state index contributed by atoms with van der Waals surface area (Å²) in [6.07, 6.45) is 3.37. The van der Waals surface area contributed by atoms with Gasteiger partial charge in [-0.15, -0.1) is 0 Å². The number of anilines is 1. The summed E-state index contributed by atoms with van der Waals surface area (Å²) in [5.74, 6) is 0.518. The van der Waals surface area contributed by atoms with Gasteiger partial charge in [0.15, 0.2) is 6.10 Å². The third kappa shape index (κ3) is 5.93. The van der Waals surface area contributed by atoms with Gasteiger partial charge in [0.1, 0.15) is 5.75 Å². The van der Waals surface area contributed by atoms with Crippen molar-refractivity contribution >= 4 is 21.6 Å². The Morgan fingerprint density at radius 2 is 1.85 bits per heavy atom. The van der Waals surface area contributed by atoms with Crippen molar-refractivity contribution in [2.24, 2.45) is 5.92 Å². The van der Waals surface area contributed by atoms with Gasteiger partial charge in [-0.3, -0.25) is 9.10 Å². The summed E-state index contributed by atoms with van der Waals surface area (Å²) >= 11 is 0. The summed E-state index contributed by atoms with van der Waals surface area (Å²) < 4.78 is 34.7. The third-order valence-electron chi connectivity index (χ3n) is 6.43. The molecule has 2 aromatic carbocycles. The van der Waals surface area contributed by atoms with E-state index < -0.39 is 16.1 Å². The summed E-state index contributed by atoms with van der Waals surface area (Å²) in [6, 6.07) is 13.9. The standard InChI is InChI=1S/C27H38N2O4S/c1-6-8-12-20(7-2)18-28-26(30)25-19-29(34(31,32)22-13-10-9-11-14-22)23-17-21(27(3,4)5)15-16-24(23)33-25/h9-11,13-17,20,25H,6-8,12,18-19H2,1-5H3,(H,28,30)/t20-,25-/m1/s1. The van der Waals surface area contributed by atoms with Crippen molar-refractivity contribution in [1.29, 1.82) is 0 Å². The number of benzene rings is 2. The predicted molar refractivity (Wildman–Crippen MR) is 137 cm³/mol. The molecular formula is C27H38N2O4S. The number of ether oxygens (including phenoxy) is 1. The zero-order valence-corrected chi connectivity index (χ0v) is 21.8. The molecule has 1 amide bonds. The summed E-state index contributed by atoms with van der Waals surface area (Å²) in [5, 5.41) is 3.01. The van der Waals surface area contributed by atoms with Crippen LogP contribution in [0.3, 0.4) is 0 Å². The fourth-order valence-electron chi connectivity index (χ4n) is 4.10. The fraction of sp³-hybridized carbons (Fsp3) is 0.519. The van der Waals surface area contributed by atoms with E-state index in [4.69, 9.17) is 4.74 Å². The first-order valence-electron chi connectivity index (χ1n) is 12.2. The van der Waals surface area contributed by atoms with Crippen LogP contribution in [0.4, 0.5) is 5.69 Å². The molecule has 2 atom stereocenters. The minimum Gasteiger partial charge on any atom is -0.476 e. The second kappa shape index (κ2) is 10.8. The van der Waals surface area contributed by atoms with Crippen LogP contribution in [0.5, 0.6) is 5.75 Å². The van der Waals surface area contributed by atoms with Crippen LogP contribution in [0.2, 0.25) is 0 Å². The van der Waals surface area contributed by atoms with Crippen molar-refractivity contribution in [3.8, 4) is 5.75 Å². The Balaban J connectivity index is 1.92. The summed E-state index contributed by atoms with van der Waals surface area (Å²) in [6.45, 7) is 11.0. The number of nitrogens with zero attached hydrogens (tertiary/aromatic N) is 1. The van der Waals surface area contributed by atoms with E-state index in [1.165, 1.54) is 4.31 Å². The van der Waals surface area contributed by atoms with Gasteiger partial charge in [0.05, 0.1) is 17.1 Å². The predicted octanol–water partition coefficient (Wildman–Crippen LogP) is 5.27. The van der Waals surface area contributed by atoms with Gasteiger partial charge in [0.25, 0.3) is 15.9 Å². The highest BCUT2D eigenvalue weighted by atomic mass is 32.2. The molecule has 0 bridgehead atoms. The van der Waals surface area contributed by atoms with E-state index in [2.05, 4.69) is 39.9 Å². The second-order valence-corrected chi connectivity index (χ2v) is 11.9. The summed E-state index contributed by atoms with van der Waals surface area (Å²) in [7, 11) is -3.88. The topological polar surface area (TPSA) is 75.7 Å². The van der Waals surface area contributed by atoms with Crippen LogP contribution >= 0.6 is 0 Å². The van der Waals surface area contributed by atoms with Gasteiger partial charge in [0.2, 0.25) is 0 Å². The highest BCUT2D eigenvalue weighted by Crippen LogP contribution is 2.40. The van der Waals surface area contributed by atoms with Crippen LogP contribution in [0, 0.1) is 5.92 Å². The Kier molecular flexibility index (Phi) is 8.29. The lowest BCUT2D eigenvalue weighted by atomic mass is 9.86. The minimum atomic E-state index is -3.88. The first-order chi connectivity index (χ1) is 16.1. The van der Waals surface area contributed by atoms with Gasteiger partial charge in [-0.1, -0.05) is 78.1 Å². The van der Waals surface area contributed by atoms with E-state index in [1.807, 2.05) is 12.1 Å². The number of fused-ring (bicyclic) bond motifs is 1. The molecule has 1 heterocycles. The molecule has 0 fully saturated rings. The highest BCUT2D eigenvalue weighted by molar-refractivity contribution is 7.92. The van der Waals surface area contributed by atoms with E-state index in [-0.39, 0.29) is 22.8 Å². The first-order valence-corrected chi connectivity index (χ1v) is 13.7. The maximum absolute atomic E-state index is 13.6. The minimum absolute atomic E-state index is 0.0740. The van der Waals surface area contributed by atoms with Gasteiger partial charge < -0.3 is 10.1 Å². The normalized spacial score (nSPS) is 17.0. The molecule has 7 heteroatoms. The highest BCUT2D eigenvalue weighted by Gasteiger charge is 2.38. The molecular weight excluding hydrogens is 448 g/mol. The van der Waals surface area contributed by atoms with E-state index >= 15 is 0 Å². The van der Waals surface area contributed by atoms with Crippen molar-refractivity contribution in [1.82, 2.24) is 5.32 Å². The van der Waals surface area contributed by atoms with Gasteiger partial charge >= 0.3 is 0 Å². The van der Waals surface area contributed by atoms with E-state index in [0.717, 1.165) is 31.2 Å². The lowest BCUT2D eigenvalue weighted by Crippen LogP contribution is -2.51. The van der Waals surface area contributed by atoms with Crippen molar-refractivity contribution in [2.75, 3.05) is 17.4 Å². The quantitative estimate of drug-likeness (QED) is 0.524. The van der Waals surface area contributed by atoms with Crippen LogP contribution in [0.15, 0.2) is 53.4 Å². The van der Waals surface area contributed by atoms with Crippen molar-refractivity contribution in [3.05, 3.63) is 54.1 Å². The Labute approximate surface area is 204 Å². The molecule has 1 aliphatic rings. The number of nitrogens with one attached hydrogen (secondary N) is 1. The molecule has 34 heavy (non-hydrogen) atoms. The maximum atomic E-state index is 13.6. The van der Waals surface area contributed by atoms with Crippen molar-refractivity contribution < 1.29 is 17.9 Å². The Hall–Kier alpha value is -2.54. The Morgan fingerprint density at radius 1 is 1.15 bits per heavy atom. The number of carbonyl (C=O) groups is 1. The van der Waals surface area contributed by atoms with Crippen LogP contribution in [0.1, 0.15) is 65.9 Å². The molecule has 0 radical (unpaired) electrons. The van der Waals surface area contributed by atoms with E-state index in [9.17, 15) is 13.2 Å². The molecule has 186 valence electrons. The first kappa shape index (κ1) is 26.1. The second-order valence-electron chi connectivity index (χ2n) is 10.0. The molecule has 3 rings (SSSR count). The average molecular weight is 487 g/mol. The fourth-order valence-corrected chi connectivity index (χ4v) is 5.59. The van der Waals surface area contributed by atoms with Gasteiger partial charge in [-0.2, -0.15) is 0 Å². The smallest absolute Gasteiger partial charge is 0.264 e.